The van der Waals surface area contributed by atoms with Gasteiger partial charge in [0.05, 0.1) is 0 Å². The van der Waals surface area contributed by atoms with Gasteiger partial charge in [-0.05, 0) is 50.3 Å². The van der Waals surface area contributed by atoms with Crippen LogP contribution in [0.25, 0.3) is 0 Å². The van der Waals surface area contributed by atoms with Gasteiger partial charge in [0.2, 0.25) is 5.91 Å². The highest BCUT2D eigenvalue weighted by molar-refractivity contribution is 6.09. The molecular weight excluding hydrogens is 325 g/mol. The Morgan fingerprint density at radius 1 is 1.36 bits per heavy atom. The summed E-state index contributed by atoms with van der Waals surface area (Å²) in [4.78, 5) is 37.8. The number of carbonyl (C=O) groups is 3. The molecular formula is C18H24FN3O3. The first-order valence-electron chi connectivity index (χ1n) is 8.32. The molecule has 0 bridgehead atoms. The lowest BCUT2D eigenvalue weighted by atomic mass is 9.92. The van der Waals surface area contributed by atoms with E-state index in [0.29, 0.717) is 23.6 Å². The SMILES string of the molecule is Cc1ccc(F)cc1NC(=O)CN1C(=O)N[C@](C)(CCC(C)C)C1=O. The monoisotopic (exact) mass is 349 g/mol. The van der Waals surface area contributed by atoms with Crippen LogP contribution in [-0.2, 0) is 9.59 Å². The summed E-state index contributed by atoms with van der Waals surface area (Å²) in [5, 5.41) is 5.22. The van der Waals surface area contributed by atoms with Crippen LogP contribution < -0.4 is 10.6 Å². The number of amides is 4. The number of urea groups is 1. The summed E-state index contributed by atoms with van der Waals surface area (Å²) in [6, 6.07) is 3.46. The molecule has 6 nitrogen and oxygen atoms in total. The minimum absolute atomic E-state index is 0.319. The van der Waals surface area contributed by atoms with Crippen LogP contribution in [-0.4, -0.2) is 34.8 Å². The first-order chi connectivity index (χ1) is 11.6. The van der Waals surface area contributed by atoms with Crippen molar-refractivity contribution < 1.29 is 18.8 Å². The van der Waals surface area contributed by atoms with Crippen molar-refractivity contribution in [2.75, 3.05) is 11.9 Å². The van der Waals surface area contributed by atoms with E-state index in [9.17, 15) is 18.8 Å². The Balaban J connectivity index is 2.04. The van der Waals surface area contributed by atoms with Crippen molar-refractivity contribution in [2.45, 2.75) is 46.1 Å². The average molecular weight is 349 g/mol. The summed E-state index contributed by atoms with van der Waals surface area (Å²) < 4.78 is 13.3. The Bertz CT molecular complexity index is 705. The van der Waals surface area contributed by atoms with Crippen molar-refractivity contribution in [1.82, 2.24) is 10.2 Å². The zero-order valence-electron chi connectivity index (χ0n) is 15.0. The first kappa shape index (κ1) is 18.9. The second kappa shape index (κ2) is 7.21. The fourth-order valence-corrected chi connectivity index (χ4v) is 2.70. The van der Waals surface area contributed by atoms with Crippen LogP contribution >= 0.6 is 0 Å². The number of hydrogen-bond acceptors (Lipinski definition) is 3. The van der Waals surface area contributed by atoms with E-state index in [1.807, 2.05) is 13.8 Å². The van der Waals surface area contributed by atoms with E-state index in [1.54, 1.807) is 19.9 Å². The van der Waals surface area contributed by atoms with Gasteiger partial charge < -0.3 is 10.6 Å². The minimum Gasteiger partial charge on any atom is -0.324 e. The molecule has 1 saturated heterocycles. The maximum Gasteiger partial charge on any atom is 0.325 e. The first-order valence-corrected chi connectivity index (χ1v) is 8.32. The molecule has 136 valence electrons. The fraction of sp³-hybridized carbons (Fsp3) is 0.500. The number of carbonyl (C=O) groups excluding carboxylic acids is 3. The quantitative estimate of drug-likeness (QED) is 0.775. The predicted molar refractivity (Wildman–Crippen MR) is 92.5 cm³/mol. The molecule has 4 amide bonds. The smallest absolute Gasteiger partial charge is 0.324 e. The average Bonchev–Trinajstić information content (AvgIpc) is 2.73. The number of hydrogen-bond donors (Lipinski definition) is 2. The molecule has 2 N–H and O–H groups in total. The molecule has 0 radical (unpaired) electrons. The molecule has 1 fully saturated rings. The highest BCUT2D eigenvalue weighted by Crippen LogP contribution is 2.25. The van der Waals surface area contributed by atoms with Crippen molar-refractivity contribution in [1.29, 1.82) is 0 Å². The van der Waals surface area contributed by atoms with E-state index in [-0.39, 0.29) is 0 Å². The summed E-state index contributed by atoms with van der Waals surface area (Å²) in [6.45, 7) is 7.07. The van der Waals surface area contributed by atoms with E-state index in [2.05, 4.69) is 10.6 Å². The van der Waals surface area contributed by atoms with E-state index in [1.165, 1.54) is 12.1 Å². The van der Waals surface area contributed by atoms with Gasteiger partial charge >= 0.3 is 6.03 Å². The molecule has 0 saturated carbocycles. The van der Waals surface area contributed by atoms with Crippen molar-refractivity contribution in [3.05, 3.63) is 29.6 Å². The van der Waals surface area contributed by atoms with Crippen molar-refractivity contribution >= 4 is 23.5 Å². The largest absolute Gasteiger partial charge is 0.325 e. The Morgan fingerprint density at radius 2 is 2.04 bits per heavy atom. The van der Waals surface area contributed by atoms with Crippen LogP contribution in [0.1, 0.15) is 39.2 Å². The molecule has 25 heavy (non-hydrogen) atoms. The number of anilines is 1. The standard InChI is InChI=1S/C18H24FN3O3/c1-11(2)7-8-18(4)16(24)22(17(25)21-18)10-15(23)20-14-9-13(19)6-5-12(14)3/h5-6,9,11H,7-8,10H2,1-4H3,(H,20,23)(H,21,25)/t18-/m1/s1. The summed E-state index contributed by atoms with van der Waals surface area (Å²) in [6.07, 6.45) is 1.29. The molecule has 0 aromatic heterocycles. The topological polar surface area (TPSA) is 78.5 Å². The van der Waals surface area contributed by atoms with Gasteiger partial charge in [-0.15, -0.1) is 0 Å². The third kappa shape index (κ3) is 4.35. The number of rotatable bonds is 6. The Morgan fingerprint density at radius 3 is 2.68 bits per heavy atom. The zero-order chi connectivity index (χ0) is 18.8. The lowest BCUT2D eigenvalue weighted by molar-refractivity contribution is -0.133. The van der Waals surface area contributed by atoms with Gasteiger partial charge in [-0.1, -0.05) is 19.9 Å². The summed E-state index contributed by atoms with van der Waals surface area (Å²) in [5.41, 5.74) is 0.0180. The third-order valence-electron chi connectivity index (χ3n) is 4.34. The summed E-state index contributed by atoms with van der Waals surface area (Å²) >= 11 is 0. The molecule has 1 aromatic carbocycles. The lowest BCUT2D eigenvalue weighted by Gasteiger charge is -2.22. The van der Waals surface area contributed by atoms with Gasteiger partial charge in [-0.2, -0.15) is 0 Å². The van der Waals surface area contributed by atoms with Crippen molar-refractivity contribution in [3.8, 4) is 0 Å². The summed E-state index contributed by atoms with van der Waals surface area (Å²) in [7, 11) is 0. The molecule has 1 aromatic rings. The number of benzene rings is 1. The highest BCUT2D eigenvalue weighted by atomic mass is 19.1. The highest BCUT2D eigenvalue weighted by Gasteiger charge is 2.47. The lowest BCUT2D eigenvalue weighted by Crippen LogP contribution is -2.44. The molecule has 1 aliphatic rings. The molecule has 2 rings (SSSR count). The molecule has 0 spiro atoms. The van der Waals surface area contributed by atoms with E-state index in [0.717, 1.165) is 11.3 Å². The van der Waals surface area contributed by atoms with Crippen LogP contribution in [0.3, 0.4) is 0 Å². The number of aryl methyl sites for hydroxylation is 1. The van der Waals surface area contributed by atoms with E-state index >= 15 is 0 Å². The minimum atomic E-state index is -0.990. The second-order valence-corrected chi connectivity index (χ2v) is 7.09. The van der Waals surface area contributed by atoms with Crippen LogP contribution in [0.4, 0.5) is 14.9 Å². The van der Waals surface area contributed by atoms with Gasteiger partial charge in [-0.25, -0.2) is 9.18 Å². The zero-order valence-corrected chi connectivity index (χ0v) is 15.0. The molecule has 0 unspecified atom stereocenters. The maximum atomic E-state index is 13.3. The molecule has 0 aliphatic carbocycles. The second-order valence-electron chi connectivity index (χ2n) is 7.09. The number of nitrogens with zero attached hydrogens (tertiary/aromatic N) is 1. The molecule has 1 heterocycles. The van der Waals surface area contributed by atoms with Gasteiger partial charge in [-0.3, -0.25) is 14.5 Å². The fourth-order valence-electron chi connectivity index (χ4n) is 2.70. The van der Waals surface area contributed by atoms with Gasteiger partial charge in [0, 0.05) is 5.69 Å². The number of nitrogens with one attached hydrogen (secondary N) is 2. The van der Waals surface area contributed by atoms with E-state index in [4.69, 9.17) is 0 Å². The van der Waals surface area contributed by atoms with Crippen molar-refractivity contribution in [3.63, 3.8) is 0 Å². The van der Waals surface area contributed by atoms with Crippen molar-refractivity contribution in [2.24, 2.45) is 5.92 Å². The summed E-state index contributed by atoms with van der Waals surface area (Å²) in [5.74, 6) is -1.04. The third-order valence-corrected chi connectivity index (χ3v) is 4.34. The number of imide groups is 1. The van der Waals surface area contributed by atoms with E-state index < -0.39 is 35.7 Å². The Hall–Kier alpha value is -2.44. The predicted octanol–water partition coefficient (Wildman–Crippen LogP) is 2.82. The van der Waals surface area contributed by atoms with Gasteiger partial charge in [0.1, 0.15) is 17.9 Å². The molecule has 1 aliphatic heterocycles. The maximum absolute atomic E-state index is 13.3. The Kier molecular flexibility index (Phi) is 5.45. The normalized spacial score (nSPS) is 20.2. The number of halogens is 1. The van der Waals surface area contributed by atoms with Crippen LogP contribution in [0.2, 0.25) is 0 Å². The van der Waals surface area contributed by atoms with Crippen LogP contribution in [0, 0.1) is 18.7 Å². The molecule has 7 heteroatoms. The van der Waals surface area contributed by atoms with Gasteiger partial charge in [0.15, 0.2) is 0 Å². The van der Waals surface area contributed by atoms with Crippen LogP contribution in [0.5, 0.6) is 0 Å². The Labute approximate surface area is 146 Å². The van der Waals surface area contributed by atoms with Crippen LogP contribution in [0.15, 0.2) is 18.2 Å². The van der Waals surface area contributed by atoms with Gasteiger partial charge in [0.25, 0.3) is 5.91 Å². The molecule has 1 atom stereocenters.